The van der Waals surface area contributed by atoms with E-state index < -0.39 is 27.8 Å². The van der Waals surface area contributed by atoms with Crippen LogP contribution in [-0.2, 0) is 14.8 Å². The van der Waals surface area contributed by atoms with Crippen LogP contribution in [0.3, 0.4) is 0 Å². The van der Waals surface area contributed by atoms with E-state index >= 15 is 0 Å². The SMILES string of the molecule is CC(C)c1ccc(NC(=O)[C@@H](C)NS(=O)(=O)c2ccc(F)cc2)cc1. The largest absolute Gasteiger partial charge is 0.325 e. The van der Waals surface area contributed by atoms with Crippen molar-refractivity contribution < 1.29 is 17.6 Å². The molecule has 0 bridgehead atoms. The third-order valence-electron chi connectivity index (χ3n) is 3.69. The van der Waals surface area contributed by atoms with Gasteiger partial charge in [-0.05, 0) is 54.8 Å². The zero-order chi connectivity index (χ0) is 18.6. The minimum Gasteiger partial charge on any atom is -0.325 e. The lowest BCUT2D eigenvalue weighted by Gasteiger charge is -2.15. The Morgan fingerprint density at radius 2 is 1.52 bits per heavy atom. The van der Waals surface area contributed by atoms with E-state index in [1.54, 1.807) is 12.1 Å². The third kappa shape index (κ3) is 5.11. The maximum absolute atomic E-state index is 12.9. The highest BCUT2D eigenvalue weighted by Gasteiger charge is 2.22. The summed E-state index contributed by atoms with van der Waals surface area (Å²) in [7, 11) is -3.91. The lowest BCUT2D eigenvalue weighted by molar-refractivity contribution is -0.117. The molecule has 0 unspecified atom stereocenters. The number of rotatable bonds is 6. The highest BCUT2D eigenvalue weighted by Crippen LogP contribution is 2.17. The summed E-state index contributed by atoms with van der Waals surface area (Å²) in [5.74, 6) is -0.635. The molecule has 2 N–H and O–H groups in total. The monoisotopic (exact) mass is 364 g/mol. The summed E-state index contributed by atoms with van der Waals surface area (Å²) in [6.07, 6.45) is 0. The van der Waals surface area contributed by atoms with Crippen LogP contribution >= 0.6 is 0 Å². The van der Waals surface area contributed by atoms with Crippen LogP contribution in [0.1, 0.15) is 32.3 Å². The quantitative estimate of drug-likeness (QED) is 0.826. The average molecular weight is 364 g/mol. The first-order valence-corrected chi connectivity index (χ1v) is 9.36. The molecule has 5 nitrogen and oxygen atoms in total. The summed E-state index contributed by atoms with van der Waals surface area (Å²) in [5.41, 5.74) is 1.73. The zero-order valence-corrected chi connectivity index (χ0v) is 15.1. The lowest BCUT2D eigenvalue weighted by atomic mass is 10.0. The molecule has 2 aromatic rings. The van der Waals surface area contributed by atoms with Crippen LogP contribution < -0.4 is 10.0 Å². The van der Waals surface area contributed by atoms with Crippen molar-refractivity contribution in [2.24, 2.45) is 0 Å². The van der Waals surface area contributed by atoms with Crippen LogP contribution in [0.5, 0.6) is 0 Å². The predicted molar refractivity (Wildman–Crippen MR) is 95.3 cm³/mol. The smallest absolute Gasteiger partial charge is 0.242 e. The average Bonchev–Trinajstić information content (AvgIpc) is 2.55. The van der Waals surface area contributed by atoms with E-state index in [9.17, 15) is 17.6 Å². The van der Waals surface area contributed by atoms with E-state index in [4.69, 9.17) is 0 Å². The Morgan fingerprint density at radius 1 is 0.960 bits per heavy atom. The number of sulfonamides is 1. The second-order valence-electron chi connectivity index (χ2n) is 6.06. The van der Waals surface area contributed by atoms with Gasteiger partial charge in [0, 0.05) is 5.69 Å². The van der Waals surface area contributed by atoms with Gasteiger partial charge in [-0.15, -0.1) is 0 Å². The molecule has 0 radical (unpaired) electrons. The van der Waals surface area contributed by atoms with E-state index in [1.165, 1.54) is 6.92 Å². The van der Waals surface area contributed by atoms with Crippen molar-refractivity contribution in [1.29, 1.82) is 0 Å². The summed E-state index contributed by atoms with van der Waals surface area (Å²) >= 11 is 0. The van der Waals surface area contributed by atoms with Gasteiger partial charge in [0.05, 0.1) is 10.9 Å². The topological polar surface area (TPSA) is 75.3 Å². The van der Waals surface area contributed by atoms with E-state index in [2.05, 4.69) is 23.9 Å². The molecular formula is C18H21FN2O3S. The van der Waals surface area contributed by atoms with E-state index in [1.807, 2.05) is 12.1 Å². The van der Waals surface area contributed by atoms with Gasteiger partial charge in [0.2, 0.25) is 15.9 Å². The molecular weight excluding hydrogens is 343 g/mol. The van der Waals surface area contributed by atoms with Crippen molar-refractivity contribution >= 4 is 21.6 Å². The van der Waals surface area contributed by atoms with Crippen molar-refractivity contribution in [3.8, 4) is 0 Å². The molecule has 0 fully saturated rings. The van der Waals surface area contributed by atoms with Crippen molar-refractivity contribution in [2.45, 2.75) is 37.6 Å². The number of carbonyl (C=O) groups is 1. The number of nitrogens with one attached hydrogen (secondary N) is 2. The van der Waals surface area contributed by atoms with Gasteiger partial charge in [-0.2, -0.15) is 4.72 Å². The number of anilines is 1. The Bertz CT molecular complexity index is 832. The molecule has 2 rings (SSSR count). The van der Waals surface area contributed by atoms with E-state index in [-0.39, 0.29) is 4.90 Å². The van der Waals surface area contributed by atoms with Gasteiger partial charge < -0.3 is 5.32 Å². The van der Waals surface area contributed by atoms with Gasteiger partial charge in [0.15, 0.2) is 0 Å². The van der Waals surface area contributed by atoms with E-state index in [0.717, 1.165) is 29.8 Å². The molecule has 0 heterocycles. The van der Waals surface area contributed by atoms with Crippen molar-refractivity contribution in [2.75, 3.05) is 5.32 Å². The predicted octanol–water partition coefficient (Wildman–Crippen LogP) is 3.25. The van der Waals surface area contributed by atoms with Gasteiger partial charge >= 0.3 is 0 Å². The highest BCUT2D eigenvalue weighted by molar-refractivity contribution is 7.89. The highest BCUT2D eigenvalue weighted by atomic mass is 32.2. The molecule has 7 heteroatoms. The minimum absolute atomic E-state index is 0.102. The number of hydrogen-bond acceptors (Lipinski definition) is 3. The Kier molecular flexibility index (Phi) is 5.92. The van der Waals surface area contributed by atoms with Crippen molar-refractivity contribution in [3.05, 3.63) is 59.9 Å². The van der Waals surface area contributed by atoms with Gasteiger partial charge in [-0.1, -0.05) is 26.0 Å². The summed E-state index contributed by atoms with van der Waals surface area (Å²) in [4.78, 5) is 12.1. The van der Waals surface area contributed by atoms with Crippen LogP contribution in [-0.4, -0.2) is 20.4 Å². The maximum Gasteiger partial charge on any atom is 0.242 e. The summed E-state index contributed by atoms with van der Waals surface area (Å²) < 4.78 is 39.6. The maximum atomic E-state index is 12.9. The van der Waals surface area contributed by atoms with Crippen molar-refractivity contribution in [1.82, 2.24) is 4.72 Å². The van der Waals surface area contributed by atoms with Crippen LogP contribution in [0, 0.1) is 5.82 Å². The Morgan fingerprint density at radius 3 is 2.04 bits per heavy atom. The van der Waals surface area contributed by atoms with Crippen LogP contribution in [0.25, 0.3) is 0 Å². The summed E-state index contributed by atoms with van der Waals surface area (Å²) in [6.45, 7) is 5.58. The van der Waals surface area contributed by atoms with Crippen LogP contribution in [0.2, 0.25) is 0 Å². The molecule has 0 saturated carbocycles. The van der Waals surface area contributed by atoms with Gasteiger partial charge in [0.25, 0.3) is 0 Å². The third-order valence-corrected chi connectivity index (χ3v) is 5.25. The summed E-state index contributed by atoms with van der Waals surface area (Å²) in [5, 5.41) is 2.67. The minimum atomic E-state index is -3.91. The molecule has 2 aromatic carbocycles. The molecule has 134 valence electrons. The zero-order valence-electron chi connectivity index (χ0n) is 14.3. The first-order valence-electron chi connectivity index (χ1n) is 7.88. The number of benzene rings is 2. The number of carbonyl (C=O) groups excluding carboxylic acids is 1. The first kappa shape index (κ1) is 19.1. The first-order chi connectivity index (χ1) is 11.7. The number of amides is 1. The van der Waals surface area contributed by atoms with Gasteiger partial charge in [-0.3, -0.25) is 4.79 Å². The Balaban J connectivity index is 2.03. The van der Waals surface area contributed by atoms with Crippen molar-refractivity contribution in [3.63, 3.8) is 0 Å². The normalized spacial score (nSPS) is 12.8. The fourth-order valence-electron chi connectivity index (χ4n) is 2.17. The van der Waals surface area contributed by atoms with Gasteiger partial charge in [-0.25, -0.2) is 12.8 Å². The van der Waals surface area contributed by atoms with Crippen LogP contribution in [0.15, 0.2) is 53.4 Å². The number of halogens is 1. The molecule has 0 aliphatic rings. The molecule has 25 heavy (non-hydrogen) atoms. The molecule has 1 atom stereocenters. The number of hydrogen-bond donors (Lipinski definition) is 2. The molecule has 0 spiro atoms. The molecule has 0 aliphatic heterocycles. The molecule has 0 saturated heterocycles. The van der Waals surface area contributed by atoms with Crippen LogP contribution in [0.4, 0.5) is 10.1 Å². The molecule has 0 aromatic heterocycles. The molecule has 0 aliphatic carbocycles. The molecule has 1 amide bonds. The standard InChI is InChI=1S/C18H21FN2O3S/c1-12(2)14-4-8-16(9-5-14)20-18(22)13(3)21-25(23,24)17-10-6-15(19)7-11-17/h4-13,21H,1-3H3,(H,20,22)/t13-/m1/s1. The summed E-state index contributed by atoms with van der Waals surface area (Å²) in [6, 6.07) is 10.8. The van der Waals surface area contributed by atoms with E-state index in [0.29, 0.717) is 11.6 Å². The fraction of sp³-hybridized carbons (Fsp3) is 0.278. The fourth-order valence-corrected chi connectivity index (χ4v) is 3.37. The Hall–Kier alpha value is -2.25. The second kappa shape index (κ2) is 7.76. The Labute approximate surface area is 147 Å². The lowest BCUT2D eigenvalue weighted by Crippen LogP contribution is -2.41. The van der Waals surface area contributed by atoms with Gasteiger partial charge in [0.1, 0.15) is 5.82 Å². The second-order valence-corrected chi connectivity index (χ2v) is 7.78.